The largest absolute Gasteiger partial charge is 0.339 e. The molecule has 140 valence electrons. The maximum absolute atomic E-state index is 13.1. The van der Waals surface area contributed by atoms with Crippen LogP contribution in [-0.2, 0) is 11.2 Å². The first-order chi connectivity index (χ1) is 12.6. The number of piperidine rings is 1. The molecule has 0 atom stereocenters. The summed E-state index contributed by atoms with van der Waals surface area (Å²) in [7, 11) is 0. The Labute approximate surface area is 156 Å². The van der Waals surface area contributed by atoms with E-state index in [0.29, 0.717) is 12.5 Å². The molecule has 0 saturated carbocycles. The van der Waals surface area contributed by atoms with Crippen LogP contribution in [0.25, 0.3) is 5.69 Å². The van der Waals surface area contributed by atoms with Crippen LogP contribution in [-0.4, -0.2) is 46.3 Å². The zero-order valence-electron chi connectivity index (χ0n) is 16.2. The van der Waals surface area contributed by atoms with Gasteiger partial charge in [0.1, 0.15) is 0 Å². The molecule has 2 aromatic rings. The Morgan fingerprint density at radius 1 is 1.23 bits per heavy atom. The van der Waals surface area contributed by atoms with Crippen LogP contribution < -0.4 is 5.32 Å². The van der Waals surface area contributed by atoms with Crippen molar-refractivity contribution in [1.29, 1.82) is 0 Å². The van der Waals surface area contributed by atoms with Gasteiger partial charge in [-0.1, -0.05) is 25.1 Å². The fraction of sp³-hybridized carbons (Fsp3) is 0.524. The van der Waals surface area contributed by atoms with Crippen LogP contribution >= 0.6 is 0 Å². The predicted octanol–water partition coefficient (Wildman–Crippen LogP) is 3.02. The van der Waals surface area contributed by atoms with E-state index in [1.807, 2.05) is 41.9 Å². The van der Waals surface area contributed by atoms with Gasteiger partial charge in [-0.15, -0.1) is 0 Å². The molecule has 5 heteroatoms. The summed E-state index contributed by atoms with van der Waals surface area (Å²) < 4.78 is 1.95. The highest BCUT2D eigenvalue weighted by atomic mass is 16.2. The normalized spacial score (nSPS) is 15.2. The molecule has 1 fully saturated rings. The average Bonchev–Trinajstić information content (AvgIpc) is 2.95. The van der Waals surface area contributed by atoms with Crippen LogP contribution in [0.3, 0.4) is 0 Å². The molecule has 1 amide bonds. The summed E-state index contributed by atoms with van der Waals surface area (Å²) in [4.78, 5) is 15.2. The Morgan fingerprint density at radius 3 is 2.58 bits per heavy atom. The van der Waals surface area contributed by atoms with Crippen LogP contribution in [0.4, 0.5) is 0 Å². The smallest absolute Gasteiger partial charge is 0.227 e. The molecule has 1 saturated heterocycles. The van der Waals surface area contributed by atoms with Crippen molar-refractivity contribution in [3.05, 3.63) is 47.3 Å². The highest BCUT2D eigenvalue weighted by molar-refractivity contribution is 5.79. The van der Waals surface area contributed by atoms with Crippen molar-refractivity contribution in [1.82, 2.24) is 20.0 Å². The van der Waals surface area contributed by atoms with Crippen molar-refractivity contribution in [3.63, 3.8) is 0 Å². The number of hydrogen-bond acceptors (Lipinski definition) is 3. The van der Waals surface area contributed by atoms with Gasteiger partial charge in [-0.2, -0.15) is 5.10 Å². The molecular weight excluding hydrogens is 324 g/mol. The maximum atomic E-state index is 13.1. The van der Waals surface area contributed by atoms with E-state index in [2.05, 4.69) is 29.2 Å². The molecule has 5 nitrogen and oxygen atoms in total. The van der Waals surface area contributed by atoms with Gasteiger partial charge in [0, 0.05) is 23.8 Å². The lowest BCUT2D eigenvalue weighted by Gasteiger charge is -2.34. The number of carbonyl (C=O) groups excluding carboxylic acids is 1. The molecule has 1 aromatic carbocycles. The molecule has 0 aliphatic carbocycles. The van der Waals surface area contributed by atoms with Crippen LogP contribution in [0.5, 0.6) is 0 Å². The van der Waals surface area contributed by atoms with Gasteiger partial charge in [-0.05, 0) is 58.3 Å². The lowest BCUT2D eigenvalue weighted by molar-refractivity contribution is -0.133. The van der Waals surface area contributed by atoms with E-state index in [4.69, 9.17) is 0 Å². The van der Waals surface area contributed by atoms with Gasteiger partial charge in [-0.3, -0.25) is 4.79 Å². The van der Waals surface area contributed by atoms with Crippen molar-refractivity contribution in [2.24, 2.45) is 0 Å². The van der Waals surface area contributed by atoms with E-state index in [1.165, 1.54) is 0 Å². The van der Waals surface area contributed by atoms with Crippen molar-refractivity contribution in [2.45, 2.75) is 52.5 Å². The van der Waals surface area contributed by atoms with Gasteiger partial charge >= 0.3 is 0 Å². The van der Waals surface area contributed by atoms with Gasteiger partial charge in [0.2, 0.25) is 5.91 Å². The lowest BCUT2D eigenvalue weighted by atomic mass is 10.0. The minimum absolute atomic E-state index is 0.234. The minimum atomic E-state index is 0.234. The van der Waals surface area contributed by atoms with E-state index < -0.39 is 0 Å². The van der Waals surface area contributed by atoms with E-state index in [0.717, 1.165) is 61.5 Å². The summed E-state index contributed by atoms with van der Waals surface area (Å²) in [5, 5.41) is 8.08. The number of amides is 1. The maximum Gasteiger partial charge on any atom is 0.227 e. The second kappa shape index (κ2) is 8.49. The SMILES string of the molecule is CCCN(C(=O)Cc1c(C)nn(-c2ccccc2)c1C)C1CCNCC1. The monoisotopic (exact) mass is 354 g/mol. The Kier molecular flexibility index (Phi) is 6.09. The third-order valence-corrected chi connectivity index (χ3v) is 5.30. The van der Waals surface area contributed by atoms with Crippen LogP contribution in [0.15, 0.2) is 30.3 Å². The number of aryl methyl sites for hydroxylation is 1. The van der Waals surface area contributed by atoms with E-state index in [9.17, 15) is 4.79 Å². The summed E-state index contributed by atoms with van der Waals surface area (Å²) in [6.45, 7) is 9.05. The third-order valence-electron chi connectivity index (χ3n) is 5.30. The molecule has 0 unspecified atom stereocenters. The first kappa shape index (κ1) is 18.6. The fourth-order valence-electron chi connectivity index (χ4n) is 3.87. The Morgan fingerprint density at radius 2 is 1.92 bits per heavy atom. The topological polar surface area (TPSA) is 50.2 Å². The highest BCUT2D eigenvalue weighted by Crippen LogP contribution is 2.21. The Balaban J connectivity index is 1.80. The van der Waals surface area contributed by atoms with Crippen LogP contribution in [0.2, 0.25) is 0 Å². The first-order valence-corrected chi connectivity index (χ1v) is 9.72. The molecule has 1 N–H and O–H groups in total. The molecule has 0 spiro atoms. The predicted molar refractivity (Wildman–Crippen MR) is 105 cm³/mol. The molecule has 3 rings (SSSR count). The number of hydrogen-bond donors (Lipinski definition) is 1. The molecule has 1 aromatic heterocycles. The number of nitrogens with zero attached hydrogens (tertiary/aromatic N) is 3. The molecular formula is C21H30N4O. The van der Waals surface area contributed by atoms with Crippen molar-refractivity contribution in [2.75, 3.05) is 19.6 Å². The van der Waals surface area contributed by atoms with Crippen LogP contribution in [0.1, 0.15) is 43.1 Å². The zero-order valence-corrected chi connectivity index (χ0v) is 16.2. The zero-order chi connectivity index (χ0) is 18.5. The molecule has 1 aliphatic heterocycles. The average molecular weight is 354 g/mol. The number of aromatic nitrogens is 2. The van der Waals surface area contributed by atoms with Gasteiger partial charge in [0.15, 0.2) is 0 Å². The summed E-state index contributed by atoms with van der Waals surface area (Å²) in [6.07, 6.45) is 3.53. The molecule has 1 aliphatic rings. The van der Waals surface area contributed by atoms with Crippen LogP contribution in [0, 0.1) is 13.8 Å². The summed E-state index contributed by atoms with van der Waals surface area (Å²) >= 11 is 0. The summed E-state index contributed by atoms with van der Waals surface area (Å²) in [6, 6.07) is 10.5. The van der Waals surface area contributed by atoms with E-state index >= 15 is 0 Å². The summed E-state index contributed by atoms with van der Waals surface area (Å²) in [5.74, 6) is 0.234. The Hall–Kier alpha value is -2.14. The second-order valence-corrected chi connectivity index (χ2v) is 7.14. The van der Waals surface area contributed by atoms with E-state index in [-0.39, 0.29) is 5.91 Å². The number of para-hydroxylation sites is 1. The highest BCUT2D eigenvalue weighted by Gasteiger charge is 2.26. The van der Waals surface area contributed by atoms with Gasteiger partial charge < -0.3 is 10.2 Å². The van der Waals surface area contributed by atoms with E-state index in [1.54, 1.807) is 0 Å². The molecule has 26 heavy (non-hydrogen) atoms. The number of carbonyl (C=O) groups is 1. The standard InChI is InChI=1S/C21H30N4O/c1-4-14-24(18-10-12-22-13-11-18)21(26)15-20-16(2)23-25(17(20)3)19-8-6-5-7-9-19/h5-9,18,22H,4,10-15H2,1-3H3. The lowest BCUT2D eigenvalue weighted by Crippen LogP contribution is -2.47. The molecule has 0 radical (unpaired) electrons. The van der Waals surface area contributed by atoms with Crippen molar-refractivity contribution >= 4 is 5.91 Å². The van der Waals surface area contributed by atoms with Crippen molar-refractivity contribution < 1.29 is 4.79 Å². The third kappa shape index (κ3) is 3.98. The first-order valence-electron chi connectivity index (χ1n) is 9.72. The Bertz CT molecular complexity index is 732. The van der Waals surface area contributed by atoms with Crippen molar-refractivity contribution in [3.8, 4) is 5.69 Å². The van der Waals surface area contributed by atoms with Gasteiger partial charge in [0.05, 0.1) is 17.8 Å². The number of rotatable bonds is 6. The second-order valence-electron chi connectivity index (χ2n) is 7.14. The van der Waals surface area contributed by atoms with Gasteiger partial charge in [0.25, 0.3) is 0 Å². The molecule has 0 bridgehead atoms. The minimum Gasteiger partial charge on any atom is -0.339 e. The quantitative estimate of drug-likeness (QED) is 0.867. The molecule has 2 heterocycles. The van der Waals surface area contributed by atoms with Gasteiger partial charge in [-0.25, -0.2) is 4.68 Å². The summed E-state index contributed by atoms with van der Waals surface area (Å²) in [5.41, 5.74) is 4.11. The number of benzene rings is 1. The number of nitrogens with one attached hydrogen (secondary N) is 1. The fourth-order valence-corrected chi connectivity index (χ4v) is 3.87.